The summed E-state index contributed by atoms with van der Waals surface area (Å²) in [6, 6.07) is 9.43. The number of halogens is 2. The number of hydrogen-bond donors (Lipinski definition) is 2. The number of anilines is 1. The van der Waals surface area contributed by atoms with Crippen molar-refractivity contribution in [1.29, 1.82) is 0 Å². The Balaban J connectivity index is 1.50. The molecule has 1 aliphatic rings. The van der Waals surface area contributed by atoms with Gasteiger partial charge in [-0.3, -0.25) is 4.79 Å². The Labute approximate surface area is 186 Å². The van der Waals surface area contributed by atoms with Crippen molar-refractivity contribution < 1.29 is 18.7 Å². The largest absolute Gasteiger partial charge is 0.477 e. The van der Waals surface area contributed by atoms with E-state index in [-0.39, 0.29) is 28.2 Å². The third-order valence-electron chi connectivity index (χ3n) is 6.09. The Kier molecular flexibility index (Phi) is 4.92. The molecule has 3 heterocycles. The molecule has 0 amide bonds. The van der Waals surface area contributed by atoms with Gasteiger partial charge in [-0.1, -0.05) is 35.5 Å². The van der Waals surface area contributed by atoms with Gasteiger partial charge in [0.05, 0.1) is 23.1 Å². The Morgan fingerprint density at radius 2 is 1.97 bits per heavy atom. The van der Waals surface area contributed by atoms with Crippen LogP contribution >= 0.6 is 0 Å². The van der Waals surface area contributed by atoms with Crippen LogP contribution in [0.2, 0.25) is 0 Å². The highest BCUT2D eigenvalue weighted by molar-refractivity contribution is 5.95. The minimum Gasteiger partial charge on any atom is -0.477 e. The molecule has 168 valence electrons. The van der Waals surface area contributed by atoms with Crippen LogP contribution in [0.3, 0.4) is 0 Å². The summed E-state index contributed by atoms with van der Waals surface area (Å²) in [5.74, 6) is -3.27. The molecule has 10 heteroatoms. The SMILES string of the molecule is Cc1c(F)c(N2CCC(n3cc(-c4ccccc4)nn3)C2)c(F)c2[nH]cc(C(=O)O)c(=O)c12. The van der Waals surface area contributed by atoms with Gasteiger partial charge in [0.15, 0.2) is 11.6 Å². The number of rotatable bonds is 4. The first-order chi connectivity index (χ1) is 15.9. The molecule has 8 nitrogen and oxygen atoms in total. The quantitative estimate of drug-likeness (QED) is 0.492. The van der Waals surface area contributed by atoms with E-state index in [2.05, 4.69) is 15.3 Å². The number of fused-ring (bicyclic) bond motifs is 1. The molecule has 0 spiro atoms. The molecule has 1 saturated heterocycles. The highest BCUT2D eigenvalue weighted by atomic mass is 19.1. The van der Waals surface area contributed by atoms with Gasteiger partial charge >= 0.3 is 5.97 Å². The lowest BCUT2D eigenvalue weighted by molar-refractivity contribution is 0.0695. The summed E-state index contributed by atoms with van der Waals surface area (Å²) in [5, 5.41) is 17.3. The van der Waals surface area contributed by atoms with Gasteiger partial charge in [-0.05, 0) is 13.3 Å². The first kappa shape index (κ1) is 20.8. The molecule has 4 aromatic rings. The summed E-state index contributed by atoms with van der Waals surface area (Å²) < 4.78 is 32.4. The van der Waals surface area contributed by atoms with Crippen molar-refractivity contribution in [2.75, 3.05) is 18.0 Å². The van der Waals surface area contributed by atoms with Crippen LogP contribution in [0.15, 0.2) is 47.5 Å². The van der Waals surface area contributed by atoms with E-state index in [0.29, 0.717) is 25.2 Å². The smallest absolute Gasteiger partial charge is 0.341 e. The Morgan fingerprint density at radius 3 is 2.70 bits per heavy atom. The number of carboxylic acids is 1. The minimum atomic E-state index is -1.47. The molecule has 1 aliphatic heterocycles. The van der Waals surface area contributed by atoms with E-state index in [1.54, 1.807) is 9.58 Å². The normalized spacial score (nSPS) is 16.0. The van der Waals surface area contributed by atoms with Crippen molar-refractivity contribution in [3.63, 3.8) is 0 Å². The summed E-state index contributed by atoms with van der Waals surface area (Å²) in [5.41, 5.74) is -0.419. The van der Waals surface area contributed by atoms with E-state index in [9.17, 15) is 9.59 Å². The number of benzene rings is 2. The highest BCUT2D eigenvalue weighted by Gasteiger charge is 2.32. The highest BCUT2D eigenvalue weighted by Crippen LogP contribution is 2.36. The molecule has 2 aromatic heterocycles. The van der Waals surface area contributed by atoms with Gasteiger partial charge in [-0.15, -0.1) is 5.10 Å². The molecule has 1 unspecified atom stereocenters. The van der Waals surface area contributed by atoms with Gasteiger partial charge in [0, 0.05) is 30.4 Å². The molecule has 0 aliphatic carbocycles. The number of aromatic amines is 1. The molecule has 0 bridgehead atoms. The first-order valence-electron chi connectivity index (χ1n) is 10.3. The zero-order chi connectivity index (χ0) is 23.3. The van der Waals surface area contributed by atoms with Gasteiger partial charge in [0.2, 0.25) is 5.43 Å². The lowest BCUT2D eigenvalue weighted by Gasteiger charge is -2.22. The maximum absolute atomic E-state index is 15.4. The minimum absolute atomic E-state index is 0.0960. The number of aromatic carboxylic acids is 1. The molecular formula is C23H19F2N5O3. The summed E-state index contributed by atoms with van der Waals surface area (Å²) in [6.07, 6.45) is 3.35. The zero-order valence-corrected chi connectivity index (χ0v) is 17.5. The summed E-state index contributed by atoms with van der Waals surface area (Å²) >= 11 is 0. The van der Waals surface area contributed by atoms with E-state index < -0.39 is 28.6 Å². The van der Waals surface area contributed by atoms with E-state index in [4.69, 9.17) is 5.11 Å². The van der Waals surface area contributed by atoms with E-state index >= 15 is 8.78 Å². The van der Waals surface area contributed by atoms with E-state index in [1.807, 2.05) is 36.5 Å². The Morgan fingerprint density at radius 1 is 1.21 bits per heavy atom. The van der Waals surface area contributed by atoms with Crippen LogP contribution in [0.25, 0.3) is 22.2 Å². The van der Waals surface area contributed by atoms with Crippen molar-refractivity contribution in [3.8, 4) is 11.3 Å². The molecule has 33 heavy (non-hydrogen) atoms. The number of nitrogens with one attached hydrogen (secondary N) is 1. The number of hydrogen-bond acceptors (Lipinski definition) is 5. The van der Waals surface area contributed by atoms with Crippen molar-refractivity contribution in [2.24, 2.45) is 0 Å². The fourth-order valence-corrected chi connectivity index (χ4v) is 4.36. The molecule has 1 fully saturated rings. The fourth-order valence-electron chi connectivity index (χ4n) is 4.36. The second-order valence-corrected chi connectivity index (χ2v) is 8.03. The van der Waals surface area contributed by atoms with E-state index in [0.717, 1.165) is 11.8 Å². The Bertz CT molecular complexity index is 1450. The summed E-state index contributed by atoms with van der Waals surface area (Å²) in [6.45, 7) is 2.02. The number of aromatic nitrogens is 4. The summed E-state index contributed by atoms with van der Waals surface area (Å²) in [4.78, 5) is 27.9. The third-order valence-corrected chi connectivity index (χ3v) is 6.09. The average Bonchev–Trinajstić information content (AvgIpc) is 3.48. The molecule has 5 rings (SSSR count). The van der Waals surface area contributed by atoms with Crippen molar-refractivity contribution >= 4 is 22.6 Å². The maximum atomic E-state index is 15.4. The van der Waals surface area contributed by atoms with Crippen LogP contribution < -0.4 is 10.3 Å². The molecule has 0 radical (unpaired) electrons. The topological polar surface area (TPSA) is 104 Å². The number of aryl methyl sites for hydroxylation is 1. The number of pyridine rings is 1. The summed E-state index contributed by atoms with van der Waals surface area (Å²) in [7, 11) is 0. The average molecular weight is 451 g/mol. The van der Waals surface area contributed by atoms with Crippen molar-refractivity contribution in [2.45, 2.75) is 19.4 Å². The molecule has 2 N–H and O–H groups in total. The number of H-pyrrole nitrogens is 1. The maximum Gasteiger partial charge on any atom is 0.341 e. The fraction of sp³-hybridized carbons (Fsp3) is 0.217. The van der Waals surface area contributed by atoms with Gasteiger partial charge in [0.1, 0.15) is 16.9 Å². The van der Waals surface area contributed by atoms with Crippen LogP contribution in [-0.2, 0) is 0 Å². The number of carboxylic acid groups (broad SMARTS) is 1. The van der Waals surface area contributed by atoms with Crippen molar-refractivity contribution in [3.05, 3.63) is 75.7 Å². The van der Waals surface area contributed by atoms with Crippen molar-refractivity contribution in [1.82, 2.24) is 20.0 Å². The predicted molar refractivity (Wildman–Crippen MR) is 118 cm³/mol. The van der Waals surface area contributed by atoms with E-state index in [1.165, 1.54) is 6.92 Å². The van der Waals surface area contributed by atoms with Crippen LogP contribution in [0.5, 0.6) is 0 Å². The molecule has 1 atom stereocenters. The lowest BCUT2D eigenvalue weighted by atomic mass is 10.0. The molecule has 2 aromatic carbocycles. The van der Waals surface area contributed by atoms with Gasteiger partial charge in [-0.2, -0.15) is 0 Å². The number of nitrogens with zero attached hydrogens (tertiary/aromatic N) is 4. The standard InChI is InChI=1S/C23H19F2N5O3/c1-12-17-20(26-9-15(22(17)31)23(32)33)19(25)21(18(12)24)29-8-7-14(10-29)30-11-16(27-28-30)13-5-3-2-4-6-13/h2-6,9,11,14H,7-8,10H2,1H3,(H,26,31)(H,32,33). The zero-order valence-electron chi connectivity index (χ0n) is 17.5. The van der Waals surface area contributed by atoms with Crippen LogP contribution in [0.4, 0.5) is 14.5 Å². The molecule has 0 saturated carbocycles. The molecular weight excluding hydrogens is 432 g/mol. The number of carbonyl (C=O) groups is 1. The van der Waals surface area contributed by atoms with Gasteiger partial charge in [-0.25, -0.2) is 18.3 Å². The third kappa shape index (κ3) is 3.34. The second-order valence-electron chi connectivity index (χ2n) is 8.03. The van der Waals surface area contributed by atoms with Gasteiger partial charge in [0.25, 0.3) is 0 Å². The first-order valence-corrected chi connectivity index (χ1v) is 10.3. The van der Waals surface area contributed by atoms with Crippen LogP contribution in [0.1, 0.15) is 28.4 Å². The van der Waals surface area contributed by atoms with Crippen LogP contribution in [-0.4, -0.2) is 44.1 Å². The lowest BCUT2D eigenvalue weighted by Crippen LogP contribution is -2.25. The van der Waals surface area contributed by atoms with Crippen LogP contribution in [0, 0.1) is 18.6 Å². The Hall–Kier alpha value is -4.08. The van der Waals surface area contributed by atoms with Gasteiger partial charge < -0.3 is 15.0 Å². The second kappa shape index (κ2) is 7.80. The predicted octanol–water partition coefficient (Wildman–Crippen LogP) is 3.52. The monoisotopic (exact) mass is 451 g/mol.